The van der Waals surface area contributed by atoms with Gasteiger partial charge in [0.15, 0.2) is 0 Å². The van der Waals surface area contributed by atoms with Crippen molar-refractivity contribution in [3.05, 3.63) is 89.2 Å². The second kappa shape index (κ2) is 6.98. The summed E-state index contributed by atoms with van der Waals surface area (Å²) in [6, 6.07) is 13.0. The van der Waals surface area contributed by atoms with Gasteiger partial charge in [0.1, 0.15) is 23.4 Å². The van der Waals surface area contributed by atoms with E-state index in [0.717, 1.165) is 24.0 Å². The first kappa shape index (κ1) is 17.8. The summed E-state index contributed by atoms with van der Waals surface area (Å²) in [5.41, 5.74) is 3.58. The number of ether oxygens (including phenoxy) is 1. The molecule has 0 aliphatic carbocycles. The van der Waals surface area contributed by atoms with E-state index in [1.54, 1.807) is 35.2 Å². The van der Waals surface area contributed by atoms with E-state index in [1.165, 1.54) is 12.1 Å². The largest absolute Gasteiger partial charge is 0.366 e. The van der Waals surface area contributed by atoms with Crippen LogP contribution in [0.1, 0.15) is 12.8 Å². The van der Waals surface area contributed by atoms with E-state index in [0.29, 0.717) is 17.9 Å². The van der Waals surface area contributed by atoms with Crippen LogP contribution in [-0.2, 0) is 4.74 Å². The van der Waals surface area contributed by atoms with Crippen molar-refractivity contribution in [2.24, 2.45) is 0 Å². The van der Waals surface area contributed by atoms with Crippen molar-refractivity contribution in [2.45, 2.75) is 25.0 Å². The third-order valence-electron chi connectivity index (χ3n) is 5.72. The molecule has 1 saturated heterocycles. The number of nitrogens with zero attached hydrogens (tertiary/aromatic N) is 2. The van der Waals surface area contributed by atoms with Gasteiger partial charge in [0.25, 0.3) is 0 Å². The van der Waals surface area contributed by atoms with Gasteiger partial charge in [-0.1, -0.05) is 24.3 Å². The summed E-state index contributed by atoms with van der Waals surface area (Å²) >= 11 is 0. The molecule has 3 nitrogen and oxygen atoms in total. The lowest BCUT2D eigenvalue weighted by atomic mass is 9.91. The number of halogens is 2. The van der Waals surface area contributed by atoms with Crippen LogP contribution in [0.15, 0.2) is 77.5 Å². The van der Waals surface area contributed by atoms with E-state index in [2.05, 4.69) is 12.1 Å². The van der Waals surface area contributed by atoms with Crippen molar-refractivity contribution in [3.8, 4) is 17.2 Å². The second-order valence-electron chi connectivity index (χ2n) is 7.42. The maximum Gasteiger partial charge on any atom is 0.133 e. The standard InChI is InChI=1S/C24H18F2N2O/c25-22-4-2-1-3-19(22)20-7-5-16(12-23(20)26)28-10-9-15(11-17(28)14-27)21-13-18-6-8-24(21)29-18/h1-5,7,9,11-13,18,24H,6,8,10H2/t18-,24-/m0/s1. The highest BCUT2D eigenvalue weighted by atomic mass is 19.1. The Morgan fingerprint density at radius 3 is 2.55 bits per heavy atom. The van der Waals surface area contributed by atoms with E-state index >= 15 is 0 Å². The lowest BCUT2D eigenvalue weighted by molar-refractivity contribution is 0.117. The molecule has 2 bridgehead atoms. The lowest BCUT2D eigenvalue weighted by Crippen LogP contribution is -2.26. The Bertz CT molecular complexity index is 1130. The molecule has 2 aromatic rings. The minimum absolute atomic E-state index is 0.117. The average molecular weight is 388 g/mol. The van der Waals surface area contributed by atoms with Gasteiger partial charge in [-0.15, -0.1) is 0 Å². The first-order chi connectivity index (χ1) is 14.1. The van der Waals surface area contributed by atoms with Gasteiger partial charge in [0.2, 0.25) is 0 Å². The molecule has 0 amide bonds. The van der Waals surface area contributed by atoms with Gasteiger partial charge < -0.3 is 9.64 Å². The van der Waals surface area contributed by atoms with Gasteiger partial charge in [-0.05, 0) is 60.4 Å². The predicted molar refractivity (Wildman–Crippen MR) is 107 cm³/mol. The van der Waals surface area contributed by atoms with Crippen LogP contribution < -0.4 is 4.90 Å². The highest BCUT2D eigenvalue weighted by Gasteiger charge is 2.35. The highest BCUT2D eigenvalue weighted by Crippen LogP contribution is 2.39. The highest BCUT2D eigenvalue weighted by molar-refractivity contribution is 5.70. The molecule has 0 N–H and O–H groups in total. The van der Waals surface area contributed by atoms with Crippen LogP contribution in [0.25, 0.3) is 11.1 Å². The Morgan fingerprint density at radius 2 is 1.86 bits per heavy atom. The summed E-state index contributed by atoms with van der Waals surface area (Å²) in [5, 5.41) is 9.67. The molecule has 5 heteroatoms. The van der Waals surface area contributed by atoms with Gasteiger partial charge in [0, 0.05) is 23.4 Å². The van der Waals surface area contributed by atoms with Gasteiger partial charge in [-0.25, -0.2) is 8.78 Å². The Kier molecular flexibility index (Phi) is 4.30. The fourth-order valence-electron chi connectivity index (χ4n) is 4.28. The zero-order chi connectivity index (χ0) is 20.0. The maximum absolute atomic E-state index is 14.8. The molecular weight excluding hydrogens is 370 g/mol. The number of nitriles is 1. The normalized spacial score (nSPS) is 22.8. The van der Waals surface area contributed by atoms with Crippen molar-refractivity contribution in [2.75, 3.05) is 11.4 Å². The molecule has 2 aromatic carbocycles. The topological polar surface area (TPSA) is 36.3 Å². The van der Waals surface area contributed by atoms with Crippen molar-refractivity contribution in [1.29, 1.82) is 5.26 Å². The summed E-state index contributed by atoms with van der Waals surface area (Å²) in [6.07, 6.45) is 8.39. The molecule has 3 aliphatic heterocycles. The van der Waals surface area contributed by atoms with Crippen LogP contribution >= 0.6 is 0 Å². The summed E-state index contributed by atoms with van der Waals surface area (Å²) < 4.78 is 34.7. The van der Waals surface area contributed by atoms with Crippen LogP contribution in [0.5, 0.6) is 0 Å². The van der Waals surface area contributed by atoms with Crippen molar-refractivity contribution < 1.29 is 13.5 Å². The zero-order valence-corrected chi connectivity index (χ0v) is 15.6. The van der Waals surface area contributed by atoms with Gasteiger partial charge in [0.05, 0.1) is 12.2 Å². The van der Waals surface area contributed by atoms with E-state index in [1.807, 2.05) is 12.2 Å². The SMILES string of the molecule is N#CC1=CC(C2=C[C@@H]3CC[C@@H]2O3)=CCN1c1ccc(-c2ccccc2F)c(F)c1. The molecule has 29 heavy (non-hydrogen) atoms. The maximum atomic E-state index is 14.8. The van der Waals surface area contributed by atoms with E-state index in [4.69, 9.17) is 4.74 Å². The fraction of sp³-hybridized carbons (Fsp3) is 0.208. The van der Waals surface area contributed by atoms with Crippen LogP contribution in [-0.4, -0.2) is 18.8 Å². The molecule has 1 fully saturated rings. The minimum Gasteiger partial charge on any atom is -0.366 e. The van der Waals surface area contributed by atoms with Gasteiger partial charge in [-0.3, -0.25) is 0 Å². The van der Waals surface area contributed by atoms with Crippen molar-refractivity contribution in [3.63, 3.8) is 0 Å². The summed E-state index contributed by atoms with van der Waals surface area (Å²) in [4.78, 5) is 1.76. The van der Waals surface area contributed by atoms with Crippen LogP contribution in [0.3, 0.4) is 0 Å². The molecule has 5 rings (SSSR count). The molecule has 3 aliphatic rings. The van der Waals surface area contributed by atoms with E-state index in [9.17, 15) is 14.0 Å². The van der Waals surface area contributed by atoms with Crippen molar-refractivity contribution in [1.82, 2.24) is 0 Å². The molecule has 2 atom stereocenters. The van der Waals surface area contributed by atoms with Gasteiger partial charge >= 0.3 is 0 Å². The first-order valence-corrected chi connectivity index (χ1v) is 9.65. The number of fused-ring (bicyclic) bond motifs is 2. The second-order valence-corrected chi connectivity index (χ2v) is 7.42. The number of allylic oxidation sites excluding steroid dienone is 2. The Labute approximate surface area is 167 Å². The number of benzene rings is 2. The molecule has 0 aromatic heterocycles. The van der Waals surface area contributed by atoms with Crippen LogP contribution in [0.4, 0.5) is 14.5 Å². The molecule has 0 unspecified atom stereocenters. The Balaban J connectivity index is 1.44. The number of rotatable bonds is 3. The smallest absolute Gasteiger partial charge is 0.133 e. The molecule has 0 saturated carbocycles. The zero-order valence-electron chi connectivity index (χ0n) is 15.6. The van der Waals surface area contributed by atoms with Crippen molar-refractivity contribution >= 4 is 5.69 Å². The quantitative estimate of drug-likeness (QED) is 0.718. The molecule has 3 heterocycles. The fourth-order valence-corrected chi connectivity index (χ4v) is 4.28. The molecule has 0 radical (unpaired) electrons. The summed E-state index contributed by atoms with van der Waals surface area (Å²) in [6.45, 7) is 0.460. The van der Waals surface area contributed by atoms with Crippen LogP contribution in [0, 0.1) is 23.0 Å². The molecule has 0 spiro atoms. The number of hydrogen-bond acceptors (Lipinski definition) is 3. The summed E-state index contributed by atoms with van der Waals surface area (Å²) in [5.74, 6) is -0.993. The predicted octanol–water partition coefficient (Wildman–Crippen LogP) is 5.27. The minimum atomic E-state index is -0.524. The third-order valence-corrected chi connectivity index (χ3v) is 5.72. The Hall–Kier alpha value is -3.23. The Morgan fingerprint density at radius 1 is 1.03 bits per heavy atom. The molecular formula is C24H18F2N2O. The number of hydrogen-bond donors (Lipinski definition) is 0. The number of anilines is 1. The van der Waals surface area contributed by atoms with E-state index in [-0.39, 0.29) is 23.3 Å². The van der Waals surface area contributed by atoms with E-state index < -0.39 is 11.6 Å². The van der Waals surface area contributed by atoms with Crippen LogP contribution in [0.2, 0.25) is 0 Å². The first-order valence-electron chi connectivity index (χ1n) is 9.65. The monoisotopic (exact) mass is 388 g/mol. The lowest BCUT2D eigenvalue weighted by Gasteiger charge is -2.27. The molecule has 144 valence electrons. The summed E-state index contributed by atoms with van der Waals surface area (Å²) in [7, 11) is 0. The van der Waals surface area contributed by atoms with Gasteiger partial charge in [-0.2, -0.15) is 5.26 Å². The average Bonchev–Trinajstić information content (AvgIpc) is 3.38. The third kappa shape index (κ3) is 3.06.